The molecule has 1 heterocycles. The van der Waals surface area contributed by atoms with Crippen LogP contribution >= 0.6 is 11.6 Å². The fourth-order valence-electron chi connectivity index (χ4n) is 1.73. The van der Waals surface area contributed by atoms with E-state index in [1.165, 1.54) is 0 Å². The molecule has 112 valence electrons. The maximum Gasteiger partial charge on any atom is 0.130 e. The van der Waals surface area contributed by atoms with Gasteiger partial charge in [0, 0.05) is 23.3 Å². The van der Waals surface area contributed by atoms with Crippen molar-refractivity contribution in [2.75, 3.05) is 0 Å². The van der Waals surface area contributed by atoms with Gasteiger partial charge in [-0.25, -0.2) is 0 Å². The summed E-state index contributed by atoms with van der Waals surface area (Å²) < 4.78 is 5.66. The van der Waals surface area contributed by atoms with Crippen molar-refractivity contribution in [1.29, 1.82) is 0 Å². The van der Waals surface area contributed by atoms with Crippen LogP contribution in [0.4, 0.5) is 0 Å². The smallest absolute Gasteiger partial charge is 0.130 e. The third-order valence-electron chi connectivity index (χ3n) is 2.89. The number of rotatable bonds is 5. The van der Waals surface area contributed by atoms with Crippen molar-refractivity contribution >= 4 is 11.6 Å². The molecule has 0 spiro atoms. The molecule has 0 unspecified atom stereocenters. The van der Waals surface area contributed by atoms with Gasteiger partial charge in [0.1, 0.15) is 12.4 Å². The molecule has 0 atom stereocenters. The van der Waals surface area contributed by atoms with E-state index in [0.29, 0.717) is 11.6 Å². The molecule has 21 heavy (non-hydrogen) atoms. The molecule has 0 aliphatic carbocycles. The second-order valence-corrected chi connectivity index (χ2v) is 6.44. The van der Waals surface area contributed by atoms with E-state index in [4.69, 9.17) is 16.3 Å². The summed E-state index contributed by atoms with van der Waals surface area (Å²) in [4.78, 5) is 4.42. The SMILES string of the molecule is CC(C)(C)NCc1ccc(COc2cccc(Cl)c2)nc1. The van der Waals surface area contributed by atoms with Gasteiger partial charge in [0.25, 0.3) is 0 Å². The van der Waals surface area contributed by atoms with E-state index in [-0.39, 0.29) is 5.54 Å². The first kappa shape index (κ1) is 15.8. The van der Waals surface area contributed by atoms with Gasteiger partial charge in [-0.05, 0) is 50.6 Å². The molecule has 1 aromatic carbocycles. The largest absolute Gasteiger partial charge is 0.487 e. The normalized spacial score (nSPS) is 11.4. The minimum absolute atomic E-state index is 0.106. The van der Waals surface area contributed by atoms with Crippen LogP contribution < -0.4 is 10.1 Å². The topological polar surface area (TPSA) is 34.1 Å². The van der Waals surface area contributed by atoms with Gasteiger partial charge in [-0.1, -0.05) is 23.7 Å². The molecule has 3 nitrogen and oxygen atoms in total. The molecule has 0 fully saturated rings. The Morgan fingerprint density at radius 1 is 1.19 bits per heavy atom. The molecule has 0 amide bonds. The Balaban J connectivity index is 1.87. The van der Waals surface area contributed by atoms with E-state index in [0.717, 1.165) is 23.6 Å². The van der Waals surface area contributed by atoms with Gasteiger partial charge in [-0.3, -0.25) is 4.98 Å². The molecule has 0 saturated carbocycles. The van der Waals surface area contributed by atoms with Crippen molar-refractivity contribution in [2.45, 2.75) is 39.5 Å². The van der Waals surface area contributed by atoms with Gasteiger partial charge in [0.15, 0.2) is 0 Å². The molecule has 0 bridgehead atoms. The number of nitrogens with one attached hydrogen (secondary N) is 1. The first-order valence-corrected chi connectivity index (χ1v) is 7.37. The molecule has 0 aliphatic rings. The molecule has 2 aromatic rings. The number of benzene rings is 1. The summed E-state index contributed by atoms with van der Waals surface area (Å²) in [6.45, 7) is 7.69. The first-order valence-electron chi connectivity index (χ1n) is 6.99. The van der Waals surface area contributed by atoms with Crippen LogP contribution in [0.2, 0.25) is 5.02 Å². The Hall–Kier alpha value is -1.58. The summed E-state index contributed by atoms with van der Waals surface area (Å²) in [5.41, 5.74) is 2.17. The maximum absolute atomic E-state index is 5.92. The predicted molar refractivity (Wildman–Crippen MR) is 86.6 cm³/mol. The number of ether oxygens (including phenoxy) is 1. The fraction of sp³-hybridized carbons (Fsp3) is 0.353. The molecule has 0 radical (unpaired) electrons. The van der Waals surface area contributed by atoms with Gasteiger partial charge >= 0.3 is 0 Å². The van der Waals surface area contributed by atoms with Crippen LogP contribution in [0.5, 0.6) is 5.75 Å². The lowest BCUT2D eigenvalue weighted by atomic mass is 10.1. The lowest BCUT2D eigenvalue weighted by Gasteiger charge is -2.20. The summed E-state index contributed by atoms with van der Waals surface area (Å²) in [6, 6.07) is 11.4. The Kier molecular flexibility index (Phi) is 5.21. The third kappa shape index (κ3) is 5.74. The van der Waals surface area contributed by atoms with Crippen molar-refractivity contribution in [3.8, 4) is 5.75 Å². The second-order valence-electron chi connectivity index (χ2n) is 6.01. The lowest BCUT2D eigenvalue weighted by molar-refractivity contribution is 0.301. The van der Waals surface area contributed by atoms with E-state index < -0.39 is 0 Å². The maximum atomic E-state index is 5.92. The zero-order valence-electron chi connectivity index (χ0n) is 12.7. The first-order chi connectivity index (χ1) is 9.92. The monoisotopic (exact) mass is 304 g/mol. The number of nitrogens with zero attached hydrogens (tertiary/aromatic N) is 1. The zero-order chi connectivity index (χ0) is 15.3. The number of hydrogen-bond donors (Lipinski definition) is 1. The number of aromatic nitrogens is 1. The van der Waals surface area contributed by atoms with Gasteiger partial charge < -0.3 is 10.1 Å². The van der Waals surface area contributed by atoms with Crippen molar-refractivity contribution in [3.63, 3.8) is 0 Å². The van der Waals surface area contributed by atoms with E-state index >= 15 is 0 Å². The Morgan fingerprint density at radius 3 is 2.62 bits per heavy atom. The van der Waals surface area contributed by atoms with Crippen LogP contribution in [0.25, 0.3) is 0 Å². The van der Waals surface area contributed by atoms with Crippen molar-refractivity contribution in [3.05, 3.63) is 58.9 Å². The quantitative estimate of drug-likeness (QED) is 0.899. The standard InChI is InChI=1S/C17H21ClN2O/c1-17(2,3)20-11-13-7-8-15(19-10-13)12-21-16-6-4-5-14(18)9-16/h4-10,20H,11-12H2,1-3H3. The Bertz CT molecular complexity index is 576. The van der Waals surface area contributed by atoms with E-state index in [2.05, 4.69) is 37.1 Å². The van der Waals surface area contributed by atoms with Gasteiger partial charge in [-0.2, -0.15) is 0 Å². The van der Waals surface area contributed by atoms with Crippen LogP contribution in [0.3, 0.4) is 0 Å². The van der Waals surface area contributed by atoms with Crippen molar-refractivity contribution in [2.24, 2.45) is 0 Å². The highest BCUT2D eigenvalue weighted by Gasteiger charge is 2.08. The van der Waals surface area contributed by atoms with Crippen molar-refractivity contribution < 1.29 is 4.74 Å². The van der Waals surface area contributed by atoms with Crippen LogP contribution in [0.15, 0.2) is 42.6 Å². The fourth-order valence-corrected chi connectivity index (χ4v) is 1.91. The molecule has 1 N–H and O–H groups in total. The molecule has 4 heteroatoms. The number of hydrogen-bond acceptors (Lipinski definition) is 3. The minimum Gasteiger partial charge on any atom is -0.487 e. The number of pyridine rings is 1. The van der Waals surface area contributed by atoms with Crippen LogP contribution in [-0.4, -0.2) is 10.5 Å². The Labute approximate surface area is 131 Å². The van der Waals surface area contributed by atoms with Gasteiger partial charge in [0.2, 0.25) is 0 Å². The van der Waals surface area contributed by atoms with E-state index in [1.807, 2.05) is 30.5 Å². The lowest BCUT2D eigenvalue weighted by Crippen LogP contribution is -2.35. The minimum atomic E-state index is 0.106. The van der Waals surface area contributed by atoms with Crippen molar-refractivity contribution in [1.82, 2.24) is 10.3 Å². The molecule has 1 aromatic heterocycles. The van der Waals surface area contributed by atoms with Gasteiger partial charge in [0.05, 0.1) is 5.69 Å². The second kappa shape index (κ2) is 6.92. The Morgan fingerprint density at radius 2 is 2.00 bits per heavy atom. The summed E-state index contributed by atoms with van der Waals surface area (Å²) in [6.07, 6.45) is 1.88. The highest BCUT2D eigenvalue weighted by atomic mass is 35.5. The van der Waals surface area contributed by atoms with Crippen LogP contribution in [0.1, 0.15) is 32.0 Å². The number of halogens is 1. The van der Waals surface area contributed by atoms with E-state index in [1.54, 1.807) is 6.07 Å². The molecular formula is C17H21ClN2O. The molecule has 0 saturated heterocycles. The third-order valence-corrected chi connectivity index (χ3v) is 3.13. The predicted octanol–water partition coefficient (Wildman–Crippen LogP) is 4.20. The van der Waals surface area contributed by atoms with Gasteiger partial charge in [-0.15, -0.1) is 0 Å². The highest BCUT2D eigenvalue weighted by Crippen LogP contribution is 2.18. The van der Waals surface area contributed by atoms with Crippen LogP contribution in [-0.2, 0) is 13.2 Å². The average Bonchev–Trinajstić information content (AvgIpc) is 2.43. The highest BCUT2D eigenvalue weighted by molar-refractivity contribution is 6.30. The average molecular weight is 305 g/mol. The summed E-state index contributed by atoms with van der Waals surface area (Å²) in [5, 5.41) is 4.11. The van der Waals surface area contributed by atoms with Crippen LogP contribution in [0, 0.1) is 0 Å². The molecule has 2 rings (SSSR count). The summed E-state index contributed by atoms with van der Waals surface area (Å²) >= 11 is 5.92. The van der Waals surface area contributed by atoms with E-state index in [9.17, 15) is 0 Å². The molecular weight excluding hydrogens is 284 g/mol. The summed E-state index contributed by atoms with van der Waals surface area (Å²) in [7, 11) is 0. The summed E-state index contributed by atoms with van der Waals surface area (Å²) in [5.74, 6) is 0.753. The molecule has 0 aliphatic heterocycles. The zero-order valence-corrected chi connectivity index (χ0v) is 13.4.